The highest BCUT2D eigenvalue weighted by Gasteiger charge is 2.41. The van der Waals surface area contributed by atoms with Crippen molar-refractivity contribution in [1.29, 1.82) is 0 Å². The van der Waals surface area contributed by atoms with Crippen molar-refractivity contribution in [3.8, 4) is 0 Å². The Morgan fingerprint density at radius 1 is 1.26 bits per heavy atom. The first kappa shape index (κ1) is 15.4. The number of fused-ring (bicyclic) bond motifs is 1. The number of rotatable bonds is 4. The molecule has 0 spiro atoms. The van der Waals surface area contributed by atoms with Gasteiger partial charge in [-0.2, -0.15) is 0 Å². The smallest absolute Gasteiger partial charge is 0.316 e. The maximum atomic E-state index is 12.3. The number of aromatic nitrogens is 1. The Morgan fingerprint density at radius 2 is 2.00 bits per heavy atom. The van der Waals surface area contributed by atoms with Crippen LogP contribution < -0.4 is 16.4 Å². The highest BCUT2D eigenvalue weighted by Crippen LogP contribution is 2.29. The van der Waals surface area contributed by atoms with Crippen molar-refractivity contribution in [2.24, 2.45) is 5.73 Å². The van der Waals surface area contributed by atoms with Gasteiger partial charge in [0.15, 0.2) is 0 Å². The number of carbonyl (C=O) groups excluding carboxylic acids is 2. The highest BCUT2D eigenvalue weighted by molar-refractivity contribution is 5.90. The van der Waals surface area contributed by atoms with Gasteiger partial charge in [-0.05, 0) is 48.9 Å². The van der Waals surface area contributed by atoms with Gasteiger partial charge in [-0.15, -0.1) is 0 Å². The van der Waals surface area contributed by atoms with E-state index in [0.29, 0.717) is 12.8 Å². The van der Waals surface area contributed by atoms with Crippen LogP contribution >= 0.6 is 0 Å². The lowest BCUT2D eigenvalue weighted by Gasteiger charge is -2.27. The molecular formula is C17H22N4O2. The Morgan fingerprint density at radius 3 is 2.70 bits per heavy atom. The van der Waals surface area contributed by atoms with Crippen LogP contribution in [0.1, 0.15) is 44.2 Å². The number of nitrogens with one attached hydrogen (secondary N) is 3. The van der Waals surface area contributed by atoms with E-state index in [0.717, 1.165) is 29.3 Å². The van der Waals surface area contributed by atoms with E-state index in [1.54, 1.807) is 0 Å². The summed E-state index contributed by atoms with van der Waals surface area (Å²) >= 11 is 0. The van der Waals surface area contributed by atoms with E-state index >= 15 is 0 Å². The Kier molecular flexibility index (Phi) is 3.98. The molecule has 122 valence electrons. The summed E-state index contributed by atoms with van der Waals surface area (Å²) in [6.45, 7) is 1.92. The number of urea groups is 1. The second-order valence-corrected chi connectivity index (χ2v) is 6.30. The third-order valence-corrected chi connectivity index (χ3v) is 4.71. The molecule has 1 aliphatic carbocycles. The number of carbonyl (C=O) groups is 2. The zero-order valence-corrected chi connectivity index (χ0v) is 13.2. The van der Waals surface area contributed by atoms with Gasteiger partial charge >= 0.3 is 6.03 Å². The molecular weight excluding hydrogens is 292 g/mol. The van der Waals surface area contributed by atoms with Crippen molar-refractivity contribution in [3.05, 3.63) is 36.0 Å². The van der Waals surface area contributed by atoms with Crippen LogP contribution in [0.25, 0.3) is 10.9 Å². The normalized spacial score (nSPS) is 17.8. The van der Waals surface area contributed by atoms with Gasteiger partial charge in [0.25, 0.3) is 0 Å². The van der Waals surface area contributed by atoms with Gasteiger partial charge in [0.05, 0.1) is 6.04 Å². The van der Waals surface area contributed by atoms with Gasteiger partial charge in [0.2, 0.25) is 5.91 Å². The Hall–Kier alpha value is -2.50. The highest BCUT2D eigenvalue weighted by atomic mass is 16.2. The minimum absolute atomic E-state index is 0.166. The van der Waals surface area contributed by atoms with Gasteiger partial charge in [-0.3, -0.25) is 4.79 Å². The number of amides is 3. The molecule has 0 radical (unpaired) electrons. The van der Waals surface area contributed by atoms with Gasteiger partial charge < -0.3 is 21.4 Å². The van der Waals surface area contributed by atoms with Crippen molar-refractivity contribution < 1.29 is 9.59 Å². The number of primary amides is 1. The van der Waals surface area contributed by atoms with Crippen LogP contribution in [0.4, 0.5) is 4.79 Å². The summed E-state index contributed by atoms with van der Waals surface area (Å²) in [5, 5.41) is 6.78. The van der Waals surface area contributed by atoms with Gasteiger partial charge in [-0.25, -0.2) is 4.79 Å². The predicted molar refractivity (Wildman–Crippen MR) is 88.8 cm³/mol. The molecule has 6 nitrogen and oxygen atoms in total. The molecule has 6 heteroatoms. The van der Waals surface area contributed by atoms with Crippen LogP contribution in [0.5, 0.6) is 0 Å². The maximum Gasteiger partial charge on any atom is 0.316 e. The third kappa shape index (κ3) is 3.02. The first-order chi connectivity index (χ1) is 11.0. The van der Waals surface area contributed by atoms with Crippen LogP contribution in [0.15, 0.2) is 30.5 Å². The summed E-state index contributed by atoms with van der Waals surface area (Å²) in [7, 11) is 0. The summed E-state index contributed by atoms with van der Waals surface area (Å²) < 4.78 is 0. The molecule has 0 aliphatic heterocycles. The number of benzene rings is 1. The summed E-state index contributed by atoms with van der Waals surface area (Å²) in [6, 6.07) is 7.47. The van der Waals surface area contributed by atoms with Crippen LogP contribution in [0, 0.1) is 0 Å². The lowest BCUT2D eigenvalue weighted by molar-refractivity contribution is -0.123. The first-order valence-electron chi connectivity index (χ1n) is 7.96. The van der Waals surface area contributed by atoms with Crippen LogP contribution in [-0.4, -0.2) is 22.5 Å². The fourth-order valence-corrected chi connectivity index (χ4v) is 3.29. The second kappa shape index (κ2) is 5.95. The van der Waals surface area contributed by atoms with Crippen molar-refractivity contribution >= 4 is 22.8 Å². The Labute approximate surface area is 134 Å². The Balaban J connectivity index is 1.68. The molecule has 1 saturated carbocycles. The van der Waals surface area contributed by atoms with Gasteiger partial charge in [-0.1, -0.05) is 18.9 Å². The lowest BCUT2D eigenvalue weighted by Crippen LogP contribution is -2.58. The van der Waals surface area contributed by atoms with Crippen molar-refractivity contribution in [2.45, 2.75) is 44.2 Å². The molecule has 1 fully saturated rings. The largest absolute Gasteiger partial charge is 0.368 e. The maximum absolute atomic E-state index is 12.3. The minimum atomic E-state index is -0.894. The summed E-state index contributed by atoms with van der Waals surface area (Å²) in [4.78, 5) is 27.1. The standard InChI is InChI=1S/C17H22N4O2/c1-11(12-4-5-14-13(10-12)6-9-19-14)20-16(23)21-17(15(18)22)7-2-3-8-17/h4-6,9-11,19H,2-3,7-8H2,1H3,(H2,18,22)(H2,20,21,23)/t11-/m0/s1. The molecule has 1 aliphatic rings. The number of nitrogens with two attached hydrogens (primary N) is 1. The van der Waals surface area contributed by atoms with E-state index in [9.17, 15) is 9.59 Å². The summed E-state index contributed by atoms with van der Waals surface area (Å²) in [5.41, 5.74) is 6.66. The molecule has 2 aromatic rings. The average molecular weight is 314 g/mol. The topological polar surface area (TPSA) is 100 Å². The minimum Gasteiger partial charge on any atom is -0.368 e. The van der Waals surface area contributed by atoms with E-state index in [4.69, 9.17) is 5.73 Å². The van der Waals surface area contributed by atoms with Crippen LogP contribution in [0.3, 0.4) is 0 Å². The molecule has 0 unspecified atom stereocenters. The van der Waals surface area contributed by atoms with Crippen molar-refractivity contribution in [1.82, 2.24) is 15.6 Å². The first-order valence-corrected chi connectivity index (χ1v) is 7.96. The molecule has 23 heavy (non-hydrogen) atoms. The number of aromatic amines is 1. The molecule has 3 rings (SSSR count). The molecule has 0 saturated heterocycles. The van der Waals surface area contributed by atoms with E-state index in [1.165, 1.54) is 0 Å². The van der Waals surface area contributed by atoms with E-state index < -0.39 is 11.4 Å². The number of H-pyrrole nitrogens is 1. The molecule has 5 N–H and O–H groups in total. The van der Waals surface area contributed by atoms with Crippen LogP contribution in [-0.2, 0) is 4.79 Å². The molecule has 1 aromatic carbocycles. The fourth-order valence-electron chi connectivity index (χ4n) is 3.29. The molecule has 1 aromatic heterocycles. The molecule has 1 heterocycles. The average Bonchev–Trinajstić information content (AvgIpc) is 3.15. The van der Waals surface area contributed by atoms with Crippen LogP contribution in [0.2, 0.25) is 0 Å². The number of hydrogen-bond acceptors (Lipinski definition) is 2. The summed E-state index contributed by atoms with van der Waals surface area (Å²) in [5.74, 6) is -0.452. The van der Waals surface area contributed by atoms with E-state index in [2.05, 4.69) is 15.6 Å². The molecule has 1 atom stereocenters. The molecule has 3 amide bonds. The SMILES string of the molecule is C[C@H](NC(=O)NC1(C(N)=O)CCCC1)c1ccc2[nH]ccc2c1. The van der Waals surface area contributed by atoms with Gasteiger partial charge in [0, 0.05) is 11.7 Å². The fraction of sp³-hybridized carbons (Fsp3) is 0.412. The van der Waals surface area contributed by atoms with Gasteiger partial charge in [0.1, 0.15) is 5.54 Å². The second-order valence-electron chi connectivity index (χ2n) is 6.30. The Bertz CT molecular complexity index is 731. The van der Waals surface area contributed by atoms with Crippen molar-refractivity contribution in [2.75, 3.05) is 0 Å². The summed E-state index contributed by atoms with van der Waals surface area (Å²) in [6.07, 6.45) is 4.92. The third-order valence-electron chi connectivity index (χ3n) is 4.71. The lowest BCUT2D eigenvalue weighted by atomic mass is 9.97. The van der Waals surface area contributed by atoms with E-state index in [-0.39, 0.29) is 12.1 Å². The monoisotopic (exact) mass is 314 g/mol. The quantitative estimate of drug-likeness (QED) is 0.696. The van der Waals surface area contributed by atoms with E-state index in [1.807, 2.05) is 37.4 Å². The zero-order valence-electron chi connectivity index (χ0n) is 13.2. The number of hydrogen-bond donors (Lipinski definition) is 4. The predicted octanol–water partition coefficient (Wildman–Crippen LogP) is 2.33. The van der Waals surface area contributed by atoms with Crippen molar-refractivity contribution in [3.63, 3.8) is 0 Å². The molecule has 0 bridgehead atoms. The zero-order chi connectivity index (χ0) is 16.4.